The maximum absolute atomic E-state index is 12.9. The molecule has 0 unspecified atom stereocenters. The van der Waals surface area contributed by atoms with Gasteiger partial charge in [0, 0.05) is 22.7 Å². The average molecular weight is 330 g/mol. The van der Waals surface area contributed by atoms with Gasteiger partial charge in [-0.1, -0.05) is 48.5 Å². The number of aryl methyl sites for hydroxylation is 1. The molecule has 4 rings (SSSR count). The quantitative estimate of drug-likeness (QED) is 0.612. The van der Waals surface area contributed by atoms with Gasteiger partial charge in [-0.05, 0) is 13.0 Å². The molecule has 0 spiro atoms. The molecule has 0 saturated carbocycles. The summed E-state index contributed by atoms with van der Waals surface area (Å²) in [5.41, 5.74) is 1.39. The fraction of sp³-hybridized carbons (Fsp3) is 0.0526. The summed E-state index contributed by atoms with van der Waals surface area (Å²) in [5, 5.41) is 5.76. The molecule has 6 heteroatoms. The van der Waals surface area contributed by atoms with Gasteiger partial charge in [-0.3, -0.25) is 14.6 Å². The van der Waals surface area contributed by atoms with Crippen molar-refractivity contribution >= 4 is 10.8 Å². The van der Waals surface area contributed by atoms with Gasteiger partial charge < -0.3 is 0 Å². The highest BCUT2D eigenvalue weighted by Gasteiger charge is 2.14. The highest BCUT2D eigenvalue weighted by atomic mass is 16.1. The van der Waals surface area contributed by atoms with Crippen LogP contribution >= 0.6 is 0 Å². The van der Waals surface area contributed by atoms with E-state index in [1.165, 1.54) is 6.07 Å². The fourth-order valence-electron chi connectivity index (χ4n) is 2.81. The Morgan fingerprint density at radius 3 is 2.32 bits per heavy atom. The van der Waals surface area contributed by atoms with Crippen LogP contribution in [0.3, 0.4) is 0 Å². The van der Waals surface area contributed by atoms with Crippen LogP contribution in [0, 0.1) is 6.92 Å². The molecular weight excluding hydrogens is 316 g/mol. The molecule has 0 fully saturated rings. The minimum atomic E-state index is -0.330. The summed E-state index contributed by atoms with van der Waals surface area (Å²) in [7, 11) is 0. The molecule has 2 aromatic carbocycles. The third-order valence-corrected chi connectivity index (χ3v) is 3.91. The SMILES string of the molecule is Cc1cc(=O)[nH]c(-n2nc(-c3ccccc3)c3ccccc3c2=O)n1. The van der Waals surface area contributed by atoms with Crippen molar-refractivity contribution in [2.75, 3.05) is 0 Å². The zero-order valence-corrected chi connectivity index (χ0v) is 13.4. The van der Waals surface area contributed by atoms with Gasteiger partial charge in [-0.25, -0.2) is 4.98 Å². The molecule has 0 bridgehead atoms. The third-order valence-electron chi connectivity index (χ3n) is 3.91. The van der Waals surface area contributed by atoms with E-state index in [0.29, 0.717) is 16.8 Å². The van der Waals surface area contributed by atoms with E-state index >= 15 is 0 Å². The fourth-order valence-corrected chi connectivity index (χ4v) is 2.81. The molecule has 4 aromatic rings. The van der Waals surface area contributed by atoms with Gasteiger partial charge in [0.2, 0.25) is 5.95 Å². The Kier molecular flexibility index (Phi) is 3.50. The van der Waals surface area contributed by atoms with Crippen molar-refractivity contribution in [2.45, 2.75) is 6.92 Å². The van der Waals surface area contributed by atoms with E-state index in [1.807, 2.05) is 42.5 Å². The van der Waals surface area contributed by atoms with Crippen molar-refractivity contribution in [1.29, 1.82) is 0 Å². The van der Waals surface area contributed by atoms with Gasteiger partial charge in [0.05, 0.1) is 11.1 Å². The van der Waals surface area contributed by atoms with Crippen molar-refractivity contribution in [2.24, 2.45) is 0 Å². The van der Waals surface area contributed by atoms with E-state index in [1.54, 1.807) is 19.1 Å². The Morgan fingerprint density at radius 2 is 1.60 bits per heavy atom. The molecule has 0 atom stereocenters. The minimum absolute atomic E-state index is 0.109. The molecule has 122 valence electrons. The van der Waals surface area contributed by atoms with Crippen LogP contribution in [0.25, 0.3) is 28.0 Å². The minimum Gasteiger partial charge on any atom is -0.291 e. The summed E-state index contributed by atoms with van der Waals surface area (Å²) < 4.78 is 1.15. The highest BCUT2D eigenvalue weighted by Crippen LogP contribution is 2.24. The van der Waals surface area contributed by atoms with Gasteiger partial charge >= 0.3 is 0 Å². The molecule has 0 aliphatic rings. The second-order valence-electron chi connectivity index (χ2n) is 5.69. The number of hydrogen-bond donors (Lipinski definition) is 1. The lowest BCUT2D eigenvalue weighted by Gasteiger charge is -2.10. The molecule has 0 saturated heterocycles. The van der Waals surface area contributed by atoms with Crippen molar-refractivity contribution in [3.05, 3.63) is 87.1 Å². The zero-order valence-electron chi connectivity index (χ0n) is 13.4. The lowest BCUT2D eigenvalue weighted by molar-refractivity contribution is 0.756. The molecule has 0 aliphatic carbocycles. The Balaban J connectivity index is 2.11. The first-order valence-corrected chi connectivity index (χ1v) is 7.79. The summed E-state index contributed by atoms with van der Waals surface area (Å²) in [4.78, 5) is 31.5. The molecular formula is C19H14N4O2. The van der Waals surface area contributed by atoms with Crippen LogP contribution in [0.15, 0.2) is 70.3 Å². The van der Waals surface area contributed by atoms with Gasteiger partial charge in [-0.15, -0.1) is 0 Å². The number of rotatable bonds is 2. The van der Waals surface area contributed by atoms with Gasteiger partial charge in [0.1, 0.15) is 0 Å². The van der Waals surface area contributed by atoms with Crippen LogP contribution < -0.4 is 11.1 Å². The summed E-state index contributed by atoms with van der Waals surface area (Å²) in [6.45, 7) is 1.70. The molecule has 25 heavy (non-hydrogen) atoms. The van der Waals surface area contributed by atoms with E-state index in [4.69, 9.17) is 0 Å². The number of aromatic nitrogens is 4. The Labute approximate surface area is 142 Å². The lowest BCUT2D eigenvalue weighted by atomic mass is 10.1. The number of nitrogens with one attached hydrogen (secondary N) is 1. The summed E-state index contributed by atoms with van der Waals surface area (Å²) in [5.74, 6) is 0.109. The van der Waals surface area contributed by atoms with E-state index in [-0.39, 0.29) is 17.1 Å². The molecule has 6 nitrogen and oxygen atoms in total. The van der Waals surface area contributed by atoms with Crippen molar-refractivity contribution in [3.63, 3.8) is 0 Å². The first kappa shape index (κ1) is 15.0. The van der Waals surface area contributed by atoms with Crippen LogP contribution in [0.4, 0.5) is 0 Å². The summed E-state index contributed by atoms with van der Waals surface area (Å²) in [6, 6.07) is 18.2. The number of aromatic amines is 1. The summed E-state index contributed by atoms with van der Waals surface area (Å²) in [6.07, 6.45) is 0. The highest BCUT2D eigenvalue weighted by molar-refractivity contribution is 5.93. The van der Waals surface area contributed by atoms with E-state index < -0.39 is 0 Å². The summed E-state index contributed by atoms with van der Waals surface area (Å²) >= 11 is 0. The predicted molar refractivity (Wildman–Crippen MR) is 95.9 cm³/mol. The lowest BCUT2D eigenvalue weighted by Crippen LogP contribution is -2.26. The van der Waals surface area contributed by atoms with Gasteiger partial charge in [0.25, 0.3) is 11.1 Å². The standard InChI is InChI=1S/C19H14N4O2/c1-12-11-16(24)21-19(20-12)23-18(25)15-10-6-5-9-14(15)17(22-23)13-7-3-2-4-8-13/h2-11H,1H3,(H,20,21,24). The number of fused-ring (bicyclic) bond motifs is 1. The predicted octanol–water partition coefficient (Wildman–Crippen LogP) is 2.44. The number of benzene rings is 2. The van der Waals surface area contributed by atoms with Crippen LogP contribution in [0.2, 0.25) is 0 Å². The molecule has 0 amide bonds. The number of H-pyrrole nitrogens is 1. The smallest absolute Gasteiger partial charge is 0.282 e. The van der Waals surface area contributed by atoms with Crippen molar-refractivity contribution in [3.8, 4) is 17.2 Å². The molecule has 0 radical (unpaired) electrons. The zero-order chi connectivity index (χ0) is 17.4. The van der Waals surface area contributed by atoms with Gasteiger partial charge in [0.15, 0.2) is 0 Å². The first-order chi connectivity index (χ1) is 12.1. The van der Waals surface area contributed by atoms with E-state index in [9.17, 15) is 9.59 Å². The van der Waals surface area contributed by atoms with Crippen LogP contribution in [-0.2, 0) is 0 Å². The molecule has 2 aromatic heterocycles. The van der Waals surface area contributed by atoms with Crippen LogP contribution in [-0.4, -0.2) is 19.7 Å². The monoisotopic (exact) mass is 330 g/mol. The average Bonchev–Trinajstić information content (AvgIpc) is 2.62. The Morgan fingerprint density at radius 1 is 0.920 bits per heavy atom. The van der Waals surface area contributed by atoms with Crippen molar-refractivity contribution < 1.29 is 0 Å². The number of hydrogen-bond acceptors (Lipinski definition) is 4. The largest absolute Gasteiger partial charge is 0.291 e. The number of nitrogens with zero attached hydrogens (tertiary/aromatic N) is 3. The van der Waals surface area contributed by atoms with Crippen molar-refractivity contribution in [1.82, 2.24) is 19.7 Å². The van der Waals surface area contributed by atoms with Crippen LogP contribution in [0.1, 0.15) is 5.69 Å². The molecule has 0 aliphatic heterocycles. The second kappa shape index (κ2) is 5.83. The second-order valence-corrected chi connectivity index (χ2v) is 5.69. The van der Waals surface area contributed by atoms with Crippen LogP contribution in [0.5, 0.6) is 0 Å². The van der Waals surface area contributed by atoms with E-state index in [2.05, 4.69) is 15.1 Å². The maximum Gasteiger partial charge on any atom is 0.282 e. The normalized spacial score (nSPS) is 10.9. The maximum atomic E-state index is 12.9. The topological polar surface area (TPSA) is 80.6 Å². The molecule has 2 heterocycles. The van der Waals surface area contributed by atoms with E-state index in [0.717, 1.165) is 15.6 Å². The Bertz CT molecular complexity index is 1190. The van der Waals surface area contributed by atoms with Gasteiger partial charge in [-0.2, -0.15) is 9.78 Å². The first-order valence-electron chi connectivity index (χ1n) is 7.79. The molecule has 1 N–H and O–H groups in total. The Hall–Kier alpha value is -3.54. The third kappa shape index (κ3) is 2.63.